The quantitative estimate of drug-likeness (QED) is 0.272. The molecule has 1 aliphatic heterocycles. The van der Waals surface area contributed by atoms with E-state index in [-0.39, 0.29) is 17.7 Å². The van der Waals surface area contributed by atoms with Crippen LogP contribution in [0.2, 0.25) is 0 Å². The topological polar surface area (TPSA) is 89.4 Å². The van der Waals surface area contributed by atoms with Crippen LogP contribution in [-0.4, -0.2) is 42.1 Å². The highest BCUT2D eigenvalue weighted by Gasteiger charge is 2.35. The molecule has 1 unspecified atom stereocenters. The van der Waals surface area contributed by atoms with Gasteiger partial charge in [-0.3, -0.25) is 14.3 Å². The minimum atomic E-state index is -0.261. The van der Waals surface area contributed by atoms with Crippen molar-refractivity contribution in [1.82, 2.24) is 24.8 Å². The van der Waals surface area contributed by atoms with Gasteiger partial charge in [0.1, 0.15) is 11.8 Å². The first-order chi connectivity index (χ1) is 16.2. The highest BCUT2D eigenvalue weighted by atomic mass is 32.2. The molecule has 1 atom stereocenters. The van der Waals surface area contributed by atoms with Crippen LogP contribution < -0.4 is 0 Å². The first-order valence-corrected chi connectivity index (χ1v) is 12.1. The molecular weight excluding hydrogens is 456 g/mol. The normalized spacial score (nSPS) is 15.6. The first-order valence-electron chi connectivity index (χ1n) is 10.3. The summed E-state index contributed by atoms with van der Waals surface area (Å²) in [6.07, 6.45) is 7.44. The molecule has 0 saturated carbocycles. The van der Waals surface area contributed by atoms with Crippen LogP contribution in [0.15, 0.2) is 87.8 Å². The molecule has 0 N–H and O–H groups in total. The predicted molar refractivity (Wildman–Crippen MR) is 128 cm³/mol. The van der Waals surface area contributed by atoms with Gasteiger partial charge in [0, 0.05) is 30.9 Å². The van der Waals surface area contributed by atoms with Gasteiger partial charge >= 0.3 is 0 Å². The second-order valence-corrected chi connectivity index (χ2v) is 9.12. The molecule has 5 heterocycles. The molecule has 4 aromatic heterocycles. The maximum atomic E-state index is 13.3. The van der Waals surface area contributed by atoms with Gasteiger partial charge in [-0.15, -0.1) is 28.1 Å². The summed E-state index contributed by atoms with van der Waals surface area (Å²) in [4.78, 5) is 18.4. The Morgan fingerprint density at radius 1 is 1.24 bits per heavy atom. The molecule has 0 aromatic carbocycles. The molecular formula is C23H20N6O2S2. The van der Waals surface area contributed by atoms with Crippen molar-refractivity contribution in [3.05, 3.63) is 83.7 Å². The summed E-state index contributed by atoms with van der Waals surface area (Å²) < 4.78 is 7.56. The number of nitrogens with zero attached hydrogens (tertiary/aromatic N) is 6. The number of carbonyl (C=O) groups excluding carboxylic acids is 1. The van der Waals surface area contributed by atoms with Gasteiger partial charge < -0.3 is 4.42 Å². The summed E-state index contributed by atoms with van der Waals surface area (Å²) in [6.45, 7) is 4.37. The first kappa shape index (κ1) is 21.4. The van der Waals surface area contributed by atoms with E-state index in [1.165, 1.54) is 11.8 Å². The SMILES string of the molecule is C=CCn1c(SCC(=O)N2N=C(c3cccs3)CC2c2ccco2)nnc1-c1ccncc1. The van der Waals surface area contributed by atoms with Crippen molar-refractivity contribution in [3.8, 4) is 11.4 Å². The summed E-state index contributed by atoms with van der Waals surface area (Å²) in [7, 11) is 0. The Hall–Kier alpha value is -3.50. The lowest BCUT2D eigenvalue weighted by molar-refractivity contribution is -0.130. The number of thioether (sulfide) groups is 1. The smallest absolute Gasteiger partial charge is 0.253 e. The summed E-state index contributed by atoms with van der Waals surface area (Å²) in [5.41, 5.74) is 1.79. The van der Waals surface area contributed by atoms with Crippen molar-refractivity contribution in [2.45, 2.75) is 24.2 Å². The van der Waals surface area contributed by atoms with E-state index >= 15 is 0 Å². The standard InChI is InChI=1S/C23H20N6O2S2/c1-2-11-28-22(16-7-9-24-10-8-16)25-26-23(28)33-15-21(30)29-18(19-5-3-12-31-19)14-17(27-29)20-6-4-13-32-20/h2-10,12-13,18H,1,11,14-15H2. The van der Waals surface area contributed by atoms with Crippen molar-refractivity contribution in [2.75, 3.05) is 5.75 Å². The zero-order valence-electron chi connectivity index (χ0n) is 17.6. The Morgan fingerprint density at radius 3 is 2.85 bits per heavy atom. The highest BCUT2D eigenvalue weighted by Crippen LogP contribution is 2.35. The van der Waals surface area contributed by atoms with Crippen LogP contribution in [0.25, 0.3) is 11.4 Å². The monoisotopic (exact) mass is 476 g/mol. The van der Waals surface area contributed by atoms with Crippen LogP contribution in [0.5, 0.6) is 0 Å². The minimum absolute atomic E-state index is 0.119. The van der Waals surface area contributed by atoms with Crippen LogP contribution >= 0.6 is 23.1 Å². The van der Waals surface area contributed by atoms with E-state index in [2.05, 4.69) is 26.9 Å². The number of thiophene rings is 1. The van der Waals surface area contributed by atoms with Gasteiger partial charge in [-0.2, -0.15) is 5.10 Å². The maximum absolute atomic E-state index is 13.3. The van der Waals surface area contributed by atoms with E-state index in [0.29, 0.717) is 23.9 Å². The molecule has 0 saturated heterocycles. The van der Waals surface area contributed by atoms with Gasteiger partial charge in [-0.25, -0.2) is 5.01 Å². The number of carbonyl (C=O) groups is 1. The molecule has 8 nitrogen and oxygen atoms in total. The van der Waals surface area contributed by atoms with E-state index < -0.39 is 0 Å². The fourth-order valence-corrected chi connectivity index (χ4v) is 5.15. The van der Waals surface area contributed by atoms with Crippen LogP contribution in [0, 0.1) is 0 Å². The molecule has 0 spiro atoms. The lowest BCUT2D eigenvalue weighted by Crippen LogP contribution is -2.28. The number of aromatic nitrogens is 4. The molecule has 1 amide bonds. The predicted octanol–water partition coefficient (Wildman–Crippen LogP) is 4.65. The largest absolute Gasteiger partial charge is 0.467 e. The van der Waals surface area contributed by atoms with Crippen LogP contribution in [0.4, 0.5) is 0 Å². The van der Waals surface area contributed by atoms with Crippen molar-refractivity contribution >= 4 is 34.7 Å². The minimum Gasteiger partial charge on any atom is -0.467 e. The van der Waals surface area contributed by atoms with Crippen molar-refractivity contribution in [1.29, 1.82) is 0 Å². The molecule has 1 aliphatic rings. The number of hydrogen-bond acceptors (Lipinski definition) is 8. The fraction of sp³-hybridized carbons (Fsp3) is 0.174. The molecule has 0 fully saturated rings. The van der Waals surface area contributed by atoms with Crippen LogP contribution in [0.3, 0.4) is 0 Å². The van der Waals surface area contributed by atoms with Gasteiger partial charge in [0.15, 0.2) is 11.0 Å². The van der Waals surface area contributed by atoms with Gasteiger partial charge in [0.05, 0.1) is 22.6 Å². The average molecular weight is 477 g/mol. The van der Waals surface area contributed by atoms with Crippen molar-refractivity contribution < 1.29 is 9.21 Å². The molecule has 33 heavy (non-hydrogen) atoms. The number of hydrogen-bond donors (Lipinski definition) is 0. The van der Waals surface area contributed by atoms with Gasteiger partial charge in [0.25, 0.3) is 5.91 Å². The number of hydrazone groups is 1. The number of rotatable bonds is 8. The van der Waals surface area contributed by atoms with E-state index in [1.54, 1.807) is 41.1 Å². The Kier molecular flexibility index (Phi) is 6.18. The Labute approximate surface area is 198 Å². The highest BCUT2D eigenvalue weighted by molar-refractivity contribution is 7.99. The molecule has 166 valence electrons. The summed E-state index contributed by atoms with van der Waals surface area (Å²) in [5.74, 6) is 1.48. The molecule has 4 aromatic rings. The van der Waals surface area contributed by atoms with E-state index in [1.807, 2.05) is 46.3 Å². The summed E-state index contributed by atoms with van der Waals surface area (Å²) >= 11 is 2.94. The lowest BCUT2D eigenvalue weighted by Gasteiger charge is -2.19. The lowest BCUT2D eigenvalue weighted by atomic mass is 10.1. The summed E-state index contributed by atoms with van der Waals surface area (Å²) in [5, 5.41) is 17.5. The second-order valence-electron chi connectivity index (χ2n) is 7.23. The molecule has 0 bridgehead atoms. The van der Waals surface area contributed by atoms with Gasteiger partial charge in [0.2, 0.25) is 0 Å². The van der Waals surface area contributed by atoms with Gasteiger partial charge in [-0.1, -0.05) is 23.9 Å². The molecule has 5 rings (SSSR count). The summed E-state index contributed by atoms with van der Waals surface area (Å²) in [6, 6.07) is 11.2. The van der Waals surface area contributed by atoms with Crippen LogP contribution in [-0.2, 0) is 11.3 Å². The second kappa shape index (κ2) is 9.55. The third-order valence-electron chi connectivity index (χ3n) is 5.13. The third-order valence-corrected chi connectivity index (χ3v) is 7.01. The number of furan rings is 1. The van der Waals surface area contributed by atoms with E-state index in [4.69, 9.17) is 4.42 Å². The van der Waals surface area contributed by atoms with E-state index in [9.17, 15) is 4.79 Å². The van der Waals surface area contributed by atoms with Crippen molar-refractivity contribution in [2.24, 2.45) is 5.10 Å². The number of allylic oxidation sites excluding steroid dienone is 1. The fourth-order valence-electron chi connectivity index (χ4n) is 3.63. The Morgan fingerprint density at radius 2 is 2.12 bits per heavy atom. The molecule has 0 aliphatic carbocycles. The van der Waals surface area contributed by atoms with Crippen LogP contribution in [0.1, 0.15) is 23.1 Å². The zero-order valence-corrected chi connectivity index (χ0v) is 19.2. The van der Waals surface area contributed by atoms with Gasteiger partial charge in [-0.05, 0) is 35.7 Å². The molecule has 0 radical (unpaired) electrons. The Balaban J connectivity index is 1.36. The zero-order chi connectivity index (χ0) is 22.6. The third kappa shape index (κ3) is 4.39. The van der Waals surface area contributed by atoms with E-state index in [0.717, 1.165) is 21.9 Å². The number of pyridine rings is 1. The maximum Gasteiger partial charge on any atom is 0.253 e. The Bertz CT molecular complexity index is 1270. The van der Waals surface area contributed by atoms with Crippen molar-refractivity contribution in [3.63, 3.8) is 0 Å². The molecule has 10 heteroatoms. The average Bonchev–Trinajstić information content (AvgIpc) is 3.64. The number of amides is 1.